The molecule has 5 heteroatoms. The highest BCUT2D eigenvalue weighted by Crippen LogP contribution is 2.37. The highest BCUT2D eigenvalue weighted by molar-refractivity contribution is 5.54. The molecule has 5 nitrogen and oxygen atoms in total. The molecular weight excluding hydrogens is 268 g/mol. The predicted molar refractivity (Wildman–Crippen MR) is 80.6 cm³/mol. The van der Waals surface area contributed by atoms with Crippen molar-refractivity contribution < 1.29 is 9.66 Å². The summed E-state index contributed by atoms with van der Waals surface area (Å²) in [4.78, 5) is 10.5. The molecular formula is C16H16N2O3. The third-order valence-electron chi connectivity index (χ3n) is 3.70. The summed E-state index contributed by atoms with van der Waals surface area (Å²) in [5.41, 5.74) is 1.92. The number of ether oxygens (including phenoxy) is 1. The molecule has 2 unspecified atom stereocenters. The minimum absolute atomic E-state index is 0.0805. The Hall–Kier alpha value is -2.56. The number of nitro benzene ring substituents is 1. The first-order chi connectivity index (χ1) is 10.1. The molecule has 2 atom stereocenters. The largest absolute Gasteiger partial charge is 0.493 e. The maximum atomic E-state index is 10.9. The second kappa shape index (κ2) is 5.44. The van der Waals surface area contributed by atoms with Crippen LogP contribution >= 0.6 is 0 Å². The summed E-state index contributed by atoms with van der Waals surface area (Å²) < 4.78 is 5.72. The van der Waals surface area contributed by atoms with Gasteiger partial charge < -0.3 is 10.1 Å². The summed E-state index contributed by atoms with van der Waals surface area (Å²) in [5, 5.41) is 14.3. The van der Waals surface area contributed by atoms with Crippen LogP contribution in [-0.2, 0) is 0 Å². The first kappa shape index (κ1) is 13.4. The fraction of sp³-hybridized carbons (Fsp3) is 0.250. The average Bonchev–Trinajstić information content (AvgIpc) is 2.50. The van der Waals surface area contributed by atoms with Crippen LogP contribution in [0.15, 0.2) is 48.5 Å². The van der Waals surface area contributed by atoms with Crippen molar-refractivity contribution in [2.24, 2.45) is 5.92 Å². The van der Waals surface area contributed by atoms with E-state index >= 15 is 0 Å². The number of nitrogens with one attached hydrogen (secondary N) is 1. The molecule has 2 aromatic rings. The SMILES string of the molecule is CC1COc2ccccc2C1Nc1cccc([N+](=O)[O-])c1. The summed E-state index contributed by atoms with van der Waals surface area (Å²) in [7, 11) is 0. The van der Waals surface area contributed by atoms with Gasteiger partial charge in [0.1, 0.15) is 5.75 Å². The molecule has 0 fully saturated rings. The highest BCUT2D eigenvalue weighted by Gasteiger charge is 2.27. The molecule has 0 spiro atoms. The van der Waals surface area contributed by atoms with Crippen LogP contribution in [0.25, 0.3) is 0 Å². The van der Waals surface area contributed by atoms with Crippen LogP contribution in [0.2, 0.25) is 0 Å². The van der Waals surface area contributed by atoms with Gasteiger partial charge in [-0.2, -0.15) is 0 Å². The molecule has 0 saturated heterocycles. The maximum absolute atomic E-state index is 10.9. The van der Waals surface area contributed by atoms with Crippen molar-refractivity contribution in [3.63, 3.8) is 0 Å². The van der Waals surface area contributed by atoms with Crippen LogP contribution in [0, 0.1) is 16.0 Å². The van der Waals surface area contributed by atoms with Gasteiger partial charge in [-0.05, 0) is 12.1 Å². The molecule has 108 valence electrons. The third kappa shape index (κ3) is 2.67. The van der Waals surface area contributed by atoms with Gasteiger partial charge >= 0.3 is 0 Å². The van der Waals surface area contributed by atoms with Crippen molar-refractivity contribution in [2.75, 3.05) is 11.9 Å². The number of nitro groups is 1. The van der Waals surface area contributed by atoms with Gasteiger partial charge in [0.15, 0.2) is 0 Å². The molecule has 0 aromatic heterocycles. The van der Waals surface area contributed by atoms with Gasteiger partial charge in [-0.25, -0.2) is 0 Å². The number of hydrogen-bond acceptors (Lipinski definition) is 4. The van der Waals surface area contributed by atoms with Gasteiger partial charge in [-0.3, -0.25) is 10.1 Å². The first-order valence-corrected chi connectivity index (χ1v) is 6.88. The molecule has 3 rings (SSSR count). The Bertz CT molecular complexity index is 672. The molecule has 0 saturated carbocycles. The zero-order valence-electron chi connectivity index (χ0n) is 11.7. The van der Waals surface area contributed by atoms with E-state index in [9.17, 15) is 10.1 Å². The lowest BCUT2D eigenvalue weighted by Crippen LogP contribution is -2.28. The van der Waals surface area contributed by atoms with Crippen molar-refractivity contribution in [1.29, 1.82) is 0 Å². The number of nitrogens with zero attached hydrogens (tertiary/aromatic N) is 1. The Kier molecular flexibility index (Phi) is 3.48. The average molecular weight is 284 g/mol. The number of hydrogen-bond donors (Lipinski definition) is 1. The van der Waals surface area contributed by atoms with E-state index in [2.05, 4.69) is 12.2 Å². The number of para-hydroxylation sites is 1. The van der Waals surface area contributed by atoms with Crippen LogP contribution in [0.1, 0.15) is 18.5 Å². The molecule has 2 aromatic carbocycles. The van der Waals surface area contributed by atoms with Crippen molar-refractivity contribution in [3.05, 3.63) is 64.2 Å². The van der Waals surface area contributed by atoms with Crippen LogP contribution in [0.4, 0.5) is 11.4 Å². The third-order valence-corrected chi connectivity index (χ3v) is 3.70. The molecule has 0 aliphatic carbocycles. The molecule has 21 heavy (non-hydrogen) atoms. The monoisotopic (exact) mass is 284 g/mol. The Morgan fingerprint density at radius 1 is 1.24 bits per heavy atom. The van der Waals surface area contributed by atoms with E-state index in [1.807, 2.05) is 30.3 Å². The molecule has 0 amide bonds. The molecule has 0 bridgehead atoms. The van der Waals surface area contributed by atoms with Crippen molar-refractivity contribution >= 4 is 11.4 Å². The van der Waals surface area contributed by atoms with Crippen molar-refractivity contribution in [2.45, 2.75) is 13.0 Å². The lowest BCUT2D eigenvalue weighted by Gasteiger charge is -2.32. The van der Waals surface area contributed by atoms with Gasteiger partial charge in [-0.15, -0.1) is 0 Å². The summed E-state index contributed by atoms with van der Waals surface area (Å²) in [6, 6.07) is 14.6. The van der Waals surface area contributed by atoms with E-state index in [-0.39, 0.29) is 22.6 Å². The molecule has 1 aliphatic heterocycles. The fourth-order valence-corrected chi connectivity index (χ4v) is 2.60. The normalized spacial score (nSPS) is 20.2. The Morgan fingerprint density at radius 3 is 2.86 bits per heavy atom. The Labute approximate surface area is 122 Å². The minimum Gasteiger partial charge on any atom is -0.493 e. The molecule has 1 aliphatic rings. The summed E-state index contributed by atoms with van der Waals surface area (Å²) in [5.74, 6) is 1.15. The molecule has 1 N–H and O–H groups in total. The van der Waals surface area contributed by atoms with E-state index in [1.165, 1.54) is 6.07 Å². The van der Waals surface area contributed by atoms with E-state index in [0.717, 1.165) is 17.0 Å². The quantitative estimate of drug-likeness (QED) is 0.688. The van der Waals surface area contributed by atoms with E-state index in [4.69, 9.17) is 4.74 Å². The van der Waals surface area contributed by atoms with Crippen molar-refractivity contribution in [3.8, 4) is 5.75 Å². The summed E-state index contributed by atoms with van der Waals surface area (Å²) in [6.45, 7) is 2.73. The van der Waals surface area contributed by atoms with Crippen LogP contribution < -0.4 is 10.1 Å². The standard InChI is InChI=1S/C16H16N2O3/c1-11-10-21-15-8-3-2-7-14(15)16(11)17-12-5-4-6-13(9-12)18(19)20/h2-9,11,16-17H,10H2,1H3. The summed E-state index contributed by atoms with van der Waals surface area (Å²) in [6.07, 6.45) is 0. The topological polar surface area (TPSA) is 64.4 Å². The molecule has 0 radical (unpaired) electrons. The highest BCUT2D eigenvalue weighted by atomic mass is 16.6. The van der Waals surface area contributed by atoms with Crippen LogP contribution in [0.3, 0.4) is 0 Å². The number of non-ortho nitro benzene ring substituents is 1. The van der Waals surface area contributed by atoms with E-state index in [1.54, 1.807) is 12.1 Å². The van der Waals surface area contributed by atoms with E-state index < -0.39 is 0 Å². The Balaban J connectivity index is 1.90. The second-order valence-corrected chi connectivity index (χ2v) is 5.26. The lowest BCUT2D eigenvalue weighted by molar-refractivity contribution is -0.384. The van der Waals surface area contributed by atoms with Gasteiger partial charge in [0.25, 0.3) is 5.69 Å². The van der Waals surface area contributed by atoms with E-state index in [0.29, 0.717) is 6.61 Å². The smallest absolute Gasteiger partial charge is 0.271 e. The number of benzene rings is 2. The molecule has 1 heterocycles. The fourth-order valence-electron chi connectivity index (χ4n) is 2.60. The number of fused-ring (bicyclic) bond motifs is 1. The number of anilines is 1. The van der Waals surface area contributed by atoms with Gasteiger partial charge in [0.05, 0.1) is 17.6 Å². The summed E-state index contributed by atoms with van der Waals surface area (Å²) >= 11 is 0. The van der Waals surface area contributed by atoms with Gasteiger partial charge in [0.2, 0.25) is 0 Å². The van der Waals surface area contributed by atoms with Gasteiger partial charge in [-0.1, -0.05) is 31.2 Å². The van der Waals surface area contributed by atoms with Gasteiger partial charge in [0, 0.05) is 29.3 Å². The van der Waals surface area contributed by atoms with Crippen LogP contribution in [-0.4, -0.2) is 11.5 Å². The maximum Gasteiger partial charge on any atom is 0.271 e. The number of rotatable bonds is 3. The van der Waals surface area contributed by atoms with Crippen LogP contribution in [0.5, 0.6) is 5.75 Å². The van der Waals surface area contributed by atoms with Crippen molar-refractivity contribution in [1.82, 2.24) is 0 Å². The zero-order chi connectivity index (χ0) is 14.8. The predicted octanol–water partition coefficient (Wildman–Crippen LogP) is 3.78. The first-order valence-electron chi connectivity index (χ1n) is 6.88. The zero-order valence-corrected chi connectivity index (χ0v) is 11.7. The minimum atomic E-state index is -0.382. The second-order valence-electron chi connectivity index (χ2n) is 5.26. The Morgan fingerprint density at radius 2 is 2.05 bits per heavy atom. The lowest BCUT2D eigenvalue weighted by atomic mass is 9.92.